The molecular weight excluding hydrogens is 373 g/mol. The summed E-state index contributed by atoms with van der Waals surface area (Å²) in [6, 6.07) is 5.22. The lowest BCUT2D eigenvalue weighted by Gasteiger charge is -2.30. The Morgan fingerprint density at radius 1 is 1.32 bits per heavy atom. The topological polar surface area (TPSA) is 85.3 Å². The fraction of sp³-hybridized carbons (Fsp3) is 0.375. The summed E-state index contributed by atoms with van der Waals surface area (Å²) in [4.78, 5) is 26.9. The molecule has 9 heteroatoms. The number of nitrogens with zero attached hydrogens (tertiary/aromatic N) is 1. The van der Waals surface area contributed by atoms with Crippen LogP contribution in [0.3, 0.4) is 0 Å². The molecule has 0 aliphatic carbocycles. The Balaban J connectivity index is 1.77. The Labute approximate surface area is 154 Å². The Hall–Kier alpha value is -1.64. The first-order valence-corrected chi connectivity index (χ1v) is 8.21. The lowest BCUT2D eigenvalue weighted by atomic mass is 10.2. The SMILES string of the molecule is O=C(O)/C=C\C(=O)ON1CCOC(COCc2c(Cl)cccc2Cl)C1. The second-order valence-corrected chi connectivity index (χ2v) is 5.99. The molecule has 25 heavy (non-hydrogen) atoms. The van der Waals surface area contributed by atoms with E-state index >= 15 is 0 Å². The zero-order valence-corrected chi connectivity index (χ0v) is 14.7. The van der Waals surface area contributed by atoms with Gasteiger partial charge in [-0.15, -0.1) is 5.06 Å². The molecular formula is C16H17Cl2NO6. The van der Waals surface area contributed by atoms with Crippen molar-refractivity contribution in [3.05, 3.63) is 46.0 Å². The lowest BCUT2D eigenvalue weighted by molar-refractivity contribution is -0.214. The Bertz CT molecular complexity index is 631. The molecule has 1 N–H and O–H groups in total. The monoisotopic (exact) mass is 389 g/mol. The van der Waals surface area contributed by atoms with Gasteiger partial charge in [0, 0.05) is 27.8 Å². The normalized spacial score (nSPS) is 18.4. The van der Waals surface area contributed by atoms with Crippen LogP contribution in [0.5, 0.6) is 0 Å². The van der Waals surface area contributed by atoms with Crippen molar-refractivity contribution in [2.45, 2.75) is 12.7 Å². The van der Waals surface area contributed by atoms with E-state index in [1.54, 1.807) is 18.2 Å². The molecule has 0 radical (unpaired) electrons. The van der Waals surface area contributed by atoms with Crippen LogP contribution < -0.4 is 0 Å². The van der Waals surface area contributed by atoms with Crippen molar-refractivity contribution in [2.75, 3.05) is 26.3 Å². The first-order chi connectivity index (χ1) is 12.0. The molecule has 1 aliphatic rings. The lowest BCUT2D eigenvalue weighted by Crippen LogP contribution is -2.45. The number of carboxylic acids is 1. The van der Waals surface area contributed by atoms with Gasteiger partial charge in [0.15, 0.2) is 0 Å². The standard InChI is InChI=1S/C16H17Cl2NO6/c17-13-2-1-3-14(18)12(13)10-23-9-11-8-19(6-7-24-11)25-16(22)5-4-15(20)21/h1-5,11H,6-10H2,(H,20,21)/b5-4-. The fourth-order valence-corrected chi connectivity index (χ4v) is 2.64. The number of carboxylic acid groups (broad SMARTS) is 1. The summed E-state index contributed by atoms with van der Waals surface area (Å²) >= 11 is 12.1. The van der Waals surface area contributed by atoms with Crippen molar-refractivity contribution in [1.29, 1.82) is 0 Å². The number of carbonyl (C=O) groups is 2. The van der Waals surface area contributed by atoms with Crippen molar-refractivity contribution in [2.24, 2.45) is 0 Å². The summed E-state index contributed by atoms with van der Waals surface area (Å²) < 4.78 is 11.2. The van der Waals surface area contributed by atoms with E-state index < -0.39 is 11.9 Å². The maximum absolute atomic E-state index is 11.5. The minimum absolute atomic E-state index is 0.236. The van der Waals surface area contributed by atoms with Crippen LogP contribution in [0.2, 0.25) is 10.0 Å². The third-order valence-corrected chi connectivity index (χ3v) is 4.00. The molecule has 0 amide bonds. The zero-order chi connectivity index (χ0) is 18.2. The van der Waals surface area contributed by atoms with Crippen LogP contribution in [0.1, 0.15) is 5.56 Å². The molecule has 1 atom stereocenters. The third-order valence-electron chi connectivity index (χ3n) is 3.29. The zero-order valence-electron chi connectivity index (χ0n) is 13.2. The van der Waals surface area contributed by atoms with E-state index in [0.717, 1.165) is 12.2 Å². The second-order valence-electron chi connectivity index (χ2n) is 5.18. The maximum Gasteiger partial charge on any atom is 0.349 e. The molecule has 1 saturated heterocycles. The van der Waals surface area contributed by atoms with E-state index in [1.807, 2.05) is 0 Å². The molecule has 1 aromatic rings. The van der Waals surface area contributed by atoms with Crippen LogP contribution in [-0.2, 0) is 30.5 Å². The van der Waals surface area contributed by atoms with Crippen LogP contribution in [0.15, 0.2) is 30.4 Å². The first kappa shape index (κ1) is 19.7. The number of hydrogen-bond acceptors (Lipinski definition) is 6. The van der Waals surface area contributed by atoms with E-state index in [1.165, 1.54) is 5.06 Å². The molecule has 1 unspecified atom stereocenters. The van der Waals surface area contributed by atoms with E-state index in [0.29, 0.717) is 35.3 Å². The third kappa shape index (κ3) is 6.64. The van der Waals surface area contributed by atoms with Crippen molar-refractivity contribution in [3.8, 4) is 0 Å². The molecule has 0 aromatic heterocycles. The van der Waals surface area contributed by atoms with Gasteiger partial charge in [-0.25, -0.2) is 9.59 Å². The van der Waals surface area contributed by atoms with Crippen molar-refractivity contribution in [3.63, 3.8) is 0 Å². The summed E-state index contributed by atoms with van der Waals surface area (Å²) in [5, 5.41) is 10.9. The van der Waals surface area contributed by atoms with Crippen LogP contribution in [0, 0.1) is 0 Å². The number of ether oxygens (including phenoxy) is 2. The van der Waals surface area contributed by atoms with Crippen LogP contribution in [0.4, 0.5) is 0 Å². The van der Waals surface area contributed by atoms with Gasteiger partial charge in [0.2, 0.25) is 0 Å². The number of carbonyl (C=O) groups excluding carboxylic acids is 1. The van der Waals surface area contributed by atoms with E-state index in [-0.39, 0.29) is 19.3 Å². The van der Waals surface area contributed by atoms with Gasteiger partial charge in [0.25, 0.3) is 0 Å². The molecule has 1 aliphatic heterocycles. The molecule has 7 nitrogen and oxygen atoms in total. The molecule has 1 aromatic carbocycles. The van der Waals surface area contributed by atoms with Gasteiger partial charge in [-0.05, 0) is 12.1 Å². The highest BCUT2D eigenvalue weighted by Crippen LogP contribution is 2.25. The number of aliphatic carboxylic acids is 1. The van der Waals surface area contributed by atoms with Gasteiger partial charge in [-0.3, -0.25) is 0 Å². The quantitative estimate of drug-likeness (QED) is 0.716. The average molecular weight is 390 g/mol. The summed E-state index contributed by atoms with van der Waals surface area (Å²) in [6.07, 6.45) is 1.27. The first-order valence-electron chi connectivity index (χ1n) is 7.46. The average Bonchev–Trinajstić information content (AvgIpc) is 2.56. The smallest absolute Gasteiger partial charge is 0.349 e. The number of hydroxylamine groups is 2. The Morgan fingerprint density at radius 3 is 2.72 bits per heavy atom. The number of hydrogen-bond donors (Lipinski definition) is 1. The number of rotatable bonds is 7. The summed E-state index contributed by atoms with van der Waals surface area (Å²) in [5.41, 5.74) is 0.698. The molecule has 0 bridgehead atoms. The number of morpholine rings is 1. The summed E-state index contributed by atoms with van der Waals surface area (Å²) in [6.45, 7) is 1.55. The summed E-state index contributed by atoms with van der Waals surface area (Å²) in [5.74, 6) is -1.98. The maximum atomic E-state index is 11.5. The molecule has 136 valence electrons. The minimum Gasteiger partial charge on any atom is -0.478 e. The number of halogens is 2. The van der Waals surface area contributed by atoms with Crippen molar-refractivity contribution in [1.82, 2.24) is 5.06 Å². The van der Waals surface area contributed by atoms with E-state index in [2.05, 4.69) is 0 Å². The van der Waals surface area contributed by atoms with Crippen LogP contribution in [0.25, 0.3) is 0 Å². The van der Waals surface area contributed by atoms with Crippen molar-refractivity contribution < 1.29 is 29.0 Å². The highest BCUT2D eigenvalue weighted by Gasteiger charge is 2.23. The summed E-state index contributed by atoms with van der Waals surface area (Å²) in [7, 11) is 0. The van der Waals surface area contributed by atoms with Gasteiger partial charge in [-0.1, -0.05) is 29.3 Å². The van der Waals surface area contributed by atoms with Crippen LogP contribution >= 0.6 is 23.2 Å². The predicted molar refractivity (Wildman–Crippen MR) is 90.3 cm³/mol. The molecule has 1 fully saturated rings. The van der Waals surface area contributed by atoms with Gasteiger partial charge >= 0.3 is 11.9 Å². The van der Waals surface area contributed by atoms with Gasteiger partial charge in [0.1, 0.15) is 0 Å². The van der Waals surface area contributed by atoms with Crippen LogP contribution in [-0.4, -0.2) is 54.5 Å². The fourth-order valence-electron chi connectivity index (χ4n) is 2.14. The predicted octanol–water partition coefficient (Wildman–Crippen LogP) is 2.31. The van der Waals surface area contributed by atoms with Gasteiger partial charge in [-0.2, -0.15) is 0 Å². The highest BCUT2D eigenvalue weighted by atomic mass is 35.5. The van der Waals surface area contributed by atoms with Crippen molar-refractivity contribution >= 4 is 35.1 Å². The highest BCUT2D eigenvalue weighted by molar-refractivity contribution is 6.35. The molecule has 1 heterocycles. The van der Waals surface area contributed by atoms with E-state index in [9.17, 15) is 9.59 Å². The number of benzene rings is 1. The molecule has 0 spiro atoms. The molecule has 0 saturated carbocycles. The van der Waals surface area contributed by atoms with E-state index in [4.69, 9.17) is 42.6 Å². The Morgan fingerprint density at radius 2 is 2.04 bits per heavy atom. The molecule has 2 rings (SSSR count). The minimum atomic E-state index is -1.22. The second kappa shape index (κ2) is 9.74. The Kier molecular flexibility index (Phi) is 7.67. The van der Waals surface area contributed by atoms with Gasteiger partial charge < -0.3 is 19.4 Å². The van der Waals surface area contributed by atoms with Gasteiger partial charge in [0.05, 0.1) is 39.0 Å². The largest absolute Gasteiger partial charge is 0.478 e.